The first kappa shape index (κ1) is 23.8. The number of rotatable bonds is 7. The van der Waals surface area contributed by atoms with E-state index in [4.69, 9.17) is 9.47 Å². The van der Waals surface area contributed by atoms with Crippen molar-refractivity contribution in [2.45, 2.75) is 31.4 Å². The van der Waals surface area contributed by atoms with Gasteiger partial charge in [-0.05, 0) is 42.5 Å². The molecule has 1 aliphatic heterocycles. The van der Waals surface area contributed by atoms with Crippen molar-refractivity contribution < 1.29 is 23.8 Å². The van der Waals surface area contributed by atoms with Crippen molar-refractivity contribution in [2.75, 3.05) is 13.7 Å². The summed E-state index contributed by atoms with van der Waals surface area (Å²) in [6, 6.07) is 23.9. The minimum absolute atomic E-state index is 0.0282. The summed E-state index contributed by atoms with van der Waals surface area (Å²) in [5.41, 5.74) is 3.00. The maximum atomic E-state index is 14.3. The monoisotopic (exact) mass is 485 g/mol. The Balaban J connectivity index is 1.42. The number of nitrogens with one attached hydrogen (secondary N) is 1. The van der Waals surface area contributed by atoms with Gasteiger partial charge < -0.3 is 19.9 Å². The number of carboxylic acids is 1. The molecule has 2 N–H and O–H groups in total. The highest BCUT2D eigenvalue weighted by atomic mass is 19.1. The predicted octanol–water partition coefficient (Wildman–Crippen LogP) is 6.32. The second-order valence-corrected chi connectivity index (χ2v) is 9.11. The third-order valence-corrected chi connectivity index (χ3v) is 6.96. The molecular weight excluding hydrogens is 457 g/mol. The number of carboxylic acid groups (broad SMARTS) is 1. The van der Waals surface area contributed by atoms with Gasteiger partial charge in [0, 0.05) is 35.0 Å². The Labute approximate surface area is 209 Å². The molecule has 1 unspecified atom stereocenters. The fraction of sp³-hybridized carbons (Fsp3) is 0.233. The maximum Gasteiger partial charge on any atom is 0.339 e. The lowest BCUT2D eigenvalue weighted by Crippen LogP contribution is -2.37. The van der Waals surface area contributed by atoms with Gasteiger partial charge in [0.05, 0.1) is 7.11 Å². The first-order valence-corrected chi connectivity index (χ1v) is 12.0. The highest BCUT2D eigenvalue weighted by Gasteiger charge is 2.32. The van der Waals surface area contributed by atoms with Gasteiger partial charge in [0.1, 0.15) is 29.0 Å². The SMILES string of the molecule is COc1c(C(=O)O)cccc1[C@H]1C[C@H](CNC(C)c2ccc(F)c3ccccc23)Oc2ccccc21. The van der Waals surface area contributed by atoms with Gasteiger partial charge >= 0.3 is 5.97 Å². The Bertz CT molecular complexity index is 1420. The van der Waals surface area contributed by atoms with Crippen molar-refractivity contribution in [3.8, 4) is 11.5 Å². The number of fused-ring (bicyclic) bond motifs is 2. The molecule has 0 aliphatic carbocycles. The van der Waals surface area contributed by atoms with Gasteiger partial charge in [0.2, 0.25) is 0 Å². The largest absolute Gasteiger partial charge is 0.496 e. The van der Waals surface area contributed by atoms with Gasteiger partial charge in [0.25, 0.3) is 0 Å². The quantitative estimate of drug-likeness (QED) is 0.321. The van der Waals surface area contributed by atoms with Crippen LogP contribution < -0.4 is 14.8 Å². The molecule has 0 bridgehead atoms. The fourth-order valence-electron chi connectivity index (χ4n) is 5.22. The summed E-state index contributed by atoms with van der Waals surface area (Å²) in [5, 5.41) is 14.7. The summed E-state index contributed by atoms with van der Waals surface area (Å²) in [6.45, 7) is 2.63. The van der Waals surface area contributed by atoms with Crippen LogP contribution in [-0.4, -0.2) is 30.8 Å². The van der Waals surface area contributed by atoms with E-state index in [1.807, 2.05) is 54.6 Å². The number of carbonyl (C=O) groups is 1. The molecule has 4 aromatic carbocycles. The lowest BCUT2D eigenvalue weighted by molar-refractivity contribution is 0.0693. The number of aromatic carboxylic acids is 1. The number of hydrogen-bond donors (Lipinski definition) is 2. The number of hydrogen-bond acceptors (Lipinski definition) is 4. The van der Waals surface area contributed by atoms with E-state index in [0.29, 0.717) is 24.1 Å². The average molecular weight is 486 g/mol. The number of ether oxygens (including phenoxy) is 2. The maximum absolute atomic E-state index is 14.3. The van der Waals surface area contributed by atoms with Gasteiger partial charge in [-0.25, -0.2) is 9.18 Å². The third kappa shape index (κ3) is 4.40. The topological polar surface area (TPSA) is 67.8 Å². The highest BCUT2D eigenvalue weighted by molar-refractivity contribution is 5.91. The molecule has 0 amide bonds. The summed E-state index contributed by atoms with van der Waals surface area (Å²) < 4.78 is 26.2. The van der Waals surface area contributed by atoms with Gasteiger partial charge in [-0.15, -0.1) is 0 Å². The van der Waals surface area contributed by atoms with Crippen molar-refractivity contribution >= 4 is 16.7 Å². The summed E-state index contributed by atoms with van der Waals surface area (Å²) in [5.74, 6) is -0.174. The molecule has 0 saturated heterocycles. The van der Waals surface area contributed by atoms with Crippen LogP contribution in [-0.2, 0) is 0 Å². The van der Waals surface area contributed by atoms with Gasteiger partial charge in [-0.3, -0.25) is 0 Å². The van der Waals surface area contributed by atoms with Crippen LogP contribution in [0.2, 0.25) is 0 Å². The molecule has 5 rings (SSSR count). The van der Waals surface area contributed by atoms with Gasteiger partial charge in [0.15, 0.2) is 0 Å². The Kier molecular flexibility index (Phi) is 6.61. The molecule has 0 spiro atoms. The lowest BCUT2D eigenvalue weighted by Gasteiger charge is -2.34. The zero-order valence-electron chi connectivity index (χ0n) is 20.2. The lowest BCUT2D eigenvalue weighted by atomic mass is 9.83. The van der Waals surface area contributed by atoms with E-state index in [9.17, 15) is 14.3 Å². The summed E-state index contributed by atoms with van der Waals surface area (Å²) in [7, 11) is 1.50. The zero-order valence-corrected chi connectivity index (χ0v) is 20.2. The number of benzene rings is 4. The first-order valence-electron chi connectivity index (χ1n) is 12.0. The minimum atomic E-state index is -1.02. The standard InChI is InChI=1S/C30H28FNO4/c1-18(20-14-15-27(31)22-9-4-3-8-21(20)22)32-17-19-16-26(23-10-5-6-13-28(23)36-19)24-11-7-12-25(30(33)34)29(24)35-2/h3-15,18-19,26,32H,16-17H2,1-2H3,(H,33,34)/t18?,19-,26+/m1/s1. The van der Waals surface area contributed by atoms with Crippen LogP contribution in [0.1, 0.15) is 52.4 Å². The highest BCUT2D eigenvalue weighted by Crippen LogP contribution is 2.44. The molecular formula is C30H28FNO4. The van der Waals surface area contributed by atoms with E-state index in [-0.39, 0.29) is 29.4 Å². The van der Waals surface area contributed by atoms with Crippen molar-refractivity contribution in [3.05, 3.63) is 107 Å². The smallest absolute Gasteiger partial charge is 0.339 e. The van der Waals surface area contributed by atoms with E-state index >= 15 is 0 Å². The van der Waals surface area contributed by atoms with E-state index in [2.05, 4.69) is 12.2 Å². The molecule has 1 heterocycles. The molecule has 3 atom stereocenters. The molecule has 0 aromatic heterocycles. The average Bonchev–Trinajstić information content (AvgIpc) is 2.91. The number of halogens is 1. The van der Waals surface area contributed by atoms with Crippen LogP contribution in [0.5, 0.6) is 11.5 Å². The Hall–Kier alpha value is -3.90. The second kappa shape index (κ2) is 9.99. The van der Waals surface area contributed by atoms with Crippen molar-refractivity contribution in [1.82, 2.24) is 5.32 Å². The van der Waals surface area contributed by atoms with Crippen LogP contribution in [0.15, 0.2) is 78.9 Å². The molecule has 184 valence electrons. The van der Waals surface area contributed by atoms with Crippen LogP contribution in [0.25, 0.3) is 10.8 Å². The molecule has 4 aromatic rings. The molecule has 5 nitrogen and oxygen atoms in total. The molecule has 6 heteroatoms. The van der Waals surface area contributed by atoms with E-state index in [1.54, 1.807) is 18.2 Å². The normalized spacial score (nSPS) is 17.8. The molecule has 1 aliphatic rings. The van der Waals surface area contributed by atoms with E-state index in [1.165, 1.54) is 13.2 Å². The molecule has 0 saturated carbocycles. The Morgan fingerprint density at radius 3 is 2.53 bits per heavy atom. The number of para-hydroxylation sites is 2. The number of methoxy groups -OCH3 is 1. The van der Waals surface area contributed by atoms with Crippen LogP contribution in [0.4, 0.5) is 4.39 Å². The minimum Gasteiger partial charge on any atom is -0.496 e. The van der Waals surface area contributed by atoms with Crippen molar-refractivity contribution in [1.29, 1.82) is 0 Å². The summed E-state index contributed by atoms with van der Waals surface area (Å²) in [6.07, 6.45) is 0.498. The van der Waals surface area contributed by atoms with Crippen LogP contribution in [0.3, 0.4) is 0 Å². The van der Waals surface area contributed by atoms with E-state index in [0.717, 1.165) is 27.8 Å². The van der Waals surface area contributed by atoms with E-state index < -0.39 is 5.97 Å². The van der Waals surface area contributed by atoms with Crippen molar-refractivity contribution in [2.24, 2.45) is 0 Å². The Morgan fingerprint density at radius 2 is 1.75 bits per heavy atom. The van der Waals surface area contributed by atoms with Crippen molar-refractivity contribution in [3.63, 3.8) is 0 Å². The van der Waals surface area contributed by atoms with Gasteiger partial charge in [-0.1, -0.05) is 60.7 Å². The Morgan fingerprint density at radius 1 is 1.03 bits per heavy atom. The second-order valence-electron chi connectivity index (χ2n) is 9.11. The third-order valence-electron chi connectivity index (χ3n) is 6.96. The first-order chi connectivity index (χ1) is 17.5. The fourth-order valence-corrected chi connectivity index (χ4v) is 5.22. The van der Waals surface area contributed by atoms with Crippen LogP contribution in [0, 0.1) is 5.82 Å². The van der Waals surface area contributed by atoms with Crippen LogP contribution >= 0.6 is 0 Å². The molecule has 36 heavy (non-hydrogen) atoms. The summed E-state index contributed by atoms with van der Waals surface area (Å²) >= 11 is 0. The predicted molar refractivity (Wildman–Crippen MR) is 138 cm³/mol. The molecule has 0 fully saturated rings. The zero-order chi connectivity index (χ0) is 25.2. The summed E-state index contributed by atoms with van der Waals surface area (Å²) in [4.78, 5) is 11.8. The van der Waals surface area contributed by atoms with Gasteiger partial charge in [-0.2, -0.15) is 0 Å². The molecule has 0 radical (unpaired) electrons.